The van der Waals surface area contributed by atoms with E-state index < -0.39 is 0 Å². The topological polar surface area (TPSA) is 50.9 Å². The molecule has 4 heteroatoms. The van der Waals surface area contributed by atoms with Crippen LogP contribution < -0.4 is 0 Å². The van der Waals surface area contributed by atoms with Gasteiger partial charge in [0.1, 0.15) is 0 Å². The fourth-order valence-corrected chi connectivity index (χ4v) is 1.73. The summed E-state index contributed by atoms with van der Waals surface area (Å²) in [6.07, 6.45) is 3.94. The Morgan fingerprint density at radius 1 is 1.21 bits per heavy atom. The smallest absolute Gasteiger partial charge is 0.153 e. The SMILES string of the molecule is CC(C)c1nc(/C=C/c2ccccc2)n(CCO)n1. The Kier molecular flexibility index (Phi) is 4.47. The second kappa shape index (κ2) is 6.29. The van der Waals surface area contributed by atoms with Crippen molar-refractivity contribution in [3.63, 3.8) is 0 Å². The van der Waals surface area contributed by atoms with E-state index in [-0.39, 0.29) is 12.5 Å². The molecule has 0 fully saturated rings. The molecule has 1 aromatic carbocycles. The third kappa shape index (κ3) is 3.51. The van der Waals surface area contributed by atoms with Gasteiger partial charge in [-0.2, -0.15) is 5.10 Å². The van der Waals surface area contributed by atoms with Crippen molar-refractivity contribution in [1.82, 2.24) is 14.8 Å². The summed E-state index contributed by atoms with van der Waals surface area (Å²) in [6, 6.07) is 10.1. The Morgan fingerprint density at radius 3 is 2.58 bits per heavy atom. The molecule has 0 bridgehead atoms. The molecule has 0 atom stereocenters. The number of aliphatic hydroxyl groups is 1. The highest BCUT2D eigenvalue weighted by Crippen LogP contribution is 2.12. The van der Waals surface area contributed by atoms with Crippen molar-refractivity contribution >= 4 is 12.2 Å². The summed E-state index contributed by atoms with van der Waals surface area (Å²) in [5.74, 6) is 1.87. The Morgan fingerprint density at radius 2 is 1.95 bits per heavy atom. The van der Waals surface area contributed by atoms with E-state index in [4.69, 9.17) is 5.11 Å². The lowest BCUT2D eigenvalue weighted by Gasteiger charge is -1.99. The molecule has 1 heterocycles. The number of aliphatic hydroxyl groups excluding tert-OH is 1. The van der Waals surface area contributed by atoms with Gasteiger partial charge in [0.05, 0.1) is 13.2 Å². The minimum atomic E-state index is 0.0626. The summed E-state index contributed by atoms with van der Waals surface area (Å²) in [7, 11) is 0. The molecule has 100 valence electrons. The first-order valence-corrected chi connectivity index (χ1v) is 6.49. The zero-order valence-electron chi connectivity index (χ0n) is 11.3. The van der Waals surface area contributed by atoms with Crippen molar-refractivity contribution in [2.24, 2.45) is 0 Å². The molecule has 4 nitrogen and oxygen atoms in total. The van der Waals surface area contributed by atoms with Crippen LogP contribution in [0.4, 0.5) is 0 Å². The summed E-state index contributed by atoms with van der Waals surface area (Å²) in [4.78, 5) is 4.50. The van der Waals surface area contributed by atoms with E-state index in [0.717, 1.165) is 17.2 Å². The highest BCUT2D eigenvalue weighted by Gasteiger charge is 2.09. The molecular formula is C15H19N3O. The van der Waals surface area contributed by atoms with Gasteiger partial charge >= 0.3 is 0 Å². The lowest BCUT2D eigenvalue weighted by atomic mass is 10.2. The van der Waals surface area contributed by atoms with Crippen molar-refractivity contribution in [2.45, 2.75) is 26.3 Å². The van der Waals surface area contributed by atoms with Gasteiger partial charge in [0.2, 0.25) is 0 Å². The van der Waals surface area contributed by atoms with E-state index in [1.807, 2.05) is 42.5 Å². The van der Waals surface area contributed by atoms with Gasteiger partial charge in [-0.1, -0.05) is 50.3 Å². The van der Waals surface area contributed by atoms with Crippen LogP contribution in [0, 0.1) is 0 Å². The summed E-state index contributed by atoms with van der Waals surface area (Å²) < 4.78 is 1.74. The molecule has 0 saturated heterocycles. The van der Waals surface area contributed by atoms with Crippen LogP contribution in [0.25, 0.3) is 12.2 Å². The highest BCUT2D eigenvalue weighted by molar-refractivity contribution is 5.66. The average molecular weight is 257 g/mol. The van der Waals surface area contributed by atoms with E-state index in [0.29, 0.717) is 6.54 Å². The molecule has 0 radical (unpaired) electrons. The van der Waals surface area contributed by atoms with Crippen LogP contribution in [0.15, 0.2) is 30.3 Å². The van der Waals surface area contributed by atoms with Gasteiger partial charge in [-0.25, -0.2) is 9.67 Å². The predicted octanol–water partition coefficient (Wildman–Crippen LogP) is 2.56. The molecule has 0 amide bonds. The first kappa shape index (κ1) is 13.5. The van der Waals surface area contributed by atoms with Crippen LogP contribution >= 0.6 is 0 Å². The van der Waals surface area contributed by atoms with E-state index in [9.17, 15) is 0 Å². The second-order valence-electron chi connectivity index (χ2n) is 4.67. The van der Waals surface area contributed by atoms with Crippen molar-refractivity contribution in [1.29, 1.82) is 0 Å². The molecule has 0 aliphatic heterocycles. The van der Waals surface area contributed by atoms with Crippen molar-refractivity contribution in [3.8, 4) is 0 Å². The number of hydrogen-bond donors (Lipinski definition) is 1. The number of benzene rings is 1. The Balaban J connectivity index is 2.25. The standard InChI is InChI=1S/C15H19N3O/c1-12(2)15-16-14(18(17-15)10-11-19)9-8-13-6-4-3-5-7-13/h3-9,12,19H,10-11H2,1-2H3/b9-8+. The fraction of sp³-hybridized carbons (Fsp3) is 0.333. The van der Waals surface area contributed by atoms with Gasteiger partial charge in [-0.15, -0.1) is 0 Å². The molecule has 19 heavy (non-hydrogen) atoms. The number of hydrogen-bond acceptors (Lipinski definition) is 3. The van der Waals surface area contributed by atoms with Gasteiger partial charge in [0, 0.05) is 5.92 Å². The molecule has 0 unspecified atom stereocenters. The number of aromatic nitrogens is 3. The minimum absolute atomic E-state index is 0.0626. The predicted molar refractivity (Wildman–Crippen MR) is 76.6 cm³/mol. The molecule has 1 N–H and O–H groups in total. The minimum Gasteiger partial charge on any atom is -0.394 e. The zero-order chi connectivity index (χ0) is 13.7. The van der Waals surface area contributed by atoms with Crippen LogP contribution in [0.2, 0.25) is 0 Å². The lowest BCUT2D eigenvalue weighted by Crippen LogP contribution is -2.06. The summed E-state index contributed by atoms with van der Waals surface area (Å²) in [5, 5.41) is 13.5. The summed E-state index contributed by atoms with van der Waals surface area (Å²) in [6.45, 7) is 4.65. The molecule has 1 aromatic heterocycles. The third-order valence-corrected chi connectivity index (χ3v) is 2.77. The Hall–Kier alpha value is -1.94. The summed E-state index contributed by atoms with van der Waals surface area (Å²) in [5.41, 5.74) is 1.12. The van der Waals surface area contributed by atoms with Crippen LogP contribution in [-0.2, 0) is 6.54 Å². The number of nitrogens with zero attached hydrogens (tertiary/aromatic N) is 3. The first-order valence-electron chi connectivity index (χ1n) is 6.49. The van der Waals surface area contributed by atoms with Crippen LogP contribution in [0.1, 0.15) is 37.0 Å². The van der Waals surface area contributed by atoms with Crippen molar-refractivity contribution < 1.29 is 5.11 Å². The van der Waals surface area contributed by atoms with Gasteiger partial charge in [-0.05, 0) is 11.6 Å². The van der Waals surface area contributed by atoms with Crippen LogP contribution in [-0.4, -0.2) is 26.5 Å². The molecule has 2 rings (SSSR count). The summed E-state index contributed by atoms with van der Waals surface area (Å²) >= 11 is 0. The van der Waals surface area contributed by atoms with Gasteiger partial charge < -0.3 is 5.11 Å². The maximum Gasteiger partial charge on any atom is 0.153 e. The largest absolute Gasteiger partial charge is 0.394 e. The highest BCUT2D eigenvalue weighted by atomic mass is 16.3. The lowest BCUT2D eigenvalue weighted by molar-refractivity contribution is 0.268. The molecule has 0 spiro atoms. The normalized spacial score (nSPS) is 11.6. The van der Waals surface area contributed by atoms with E-state index in [1.165, 1.54) is 0 Å². The van der Waals surface area contributed by atoms with Crippen molar-refractivity contribution in [3.05, 3.63) is 47.5 Å². The Labute approximate surface area is 113 Å². The quantitative estimate of drug-likeness (QED) is 0.895. The molecule has 0 saturated carbocycles. The van der Waals surface area contributed by atoms with Gasteiger partial charge in [0.25, 0.3) is 0 Å². The third-order valence-electron chi connectivity index (χ3n) is 2.77. The maximum absolute atomic E-state index is 9.06. The fourth-order valence-electron chi connectivity index (χ4n) is 1.73. The molecule has 2 aromatic rings. The average Bonchev–Trinajstić information content (AvgIpc) is 2.82. The van der Waals surface area contributed by atoms with Gasteiger partial charge in [0.15, 0.2) is 11.6 Å². The Bertz CT molecular complexity index is 544. The second-order valence-corrected chi connectivity index (χ2v) is 4.67. The molecular weight excluding hydrogens is 238 g/mol. The van der Waals surface area contributed by atoms with Gasteiger partial charge in [-0.3, -0.25) is 0 Å². The molecule has 0 aliphatic carbocycles. The monoisotopic (exact) mass is 257 g/mol. The van der Waals surface area contributed by atoms with Crippen molar-refractivity contribution in [2.75, 3.05) is 6.61 Å². The van der Waals surface area contributed by atoms with E-state index >= 15 is 0 Å². The number of rotatable bonds is 5. The molecule has 0 aliphatic rings. The first-order chi connectivity index (χ1) is 9.20. The van der Waals surface area contributed by atoms with E-state index in [1.54, 1.807) is 4.68 Å². The van der Waals surface area contributed by atoms with E-state index in [2.05, 4.69) is 23.9 Å². The van der Waals surface area contributed by atoms with Crippen LogP contribution in [0.3, 0.4) is 0 Å². The zero-order valence-corrected chi connectivity index (χ0v) is 11.3. The maximum atomic E-state index is 9.06. The van der Waals surface area contributed by atoms with Crippen LogP contribution in [0.5, 0.6) is 0 Å².